The van der Waals surface area contributed by atoms with E-state index in [2.05, 4.69) is 22.4 Å². The summed E-state index contributed by atoms with van der Waals surface area (Å²) in [5, 5.41) is 3.03. The van der Waals surface area contributed by atoms with Crippen LogP contribution in [0.2, 0.25) is 0 Å². The van der Waals surface area contributed by atoms with Crippen molar-refractivity contribution in [2.24, 2.45) is 5.92 Å². The highest BCUT2D eigenvalue weighted by molar-refractivity contribution is 5.47. The molecule has 1 aliphatic rings. The van der Waals surface area contributed by atoms with Crippen LogP contribution in [0, 0.1) is 5.92 Å². The Hall–Kier alpha value is -2.23. The van der Waals surface area contributed by atoms with E-state index in [9.17, 15) is 0 Å². The van der Waals surface area contributed by atoms with E-state index < -0.39 is 0 Å². The van der Waals surface area contributed by atoms with Crippen molar-refractivity contribution in [3.63, 3.8) is 0 Å². The van der Waals surface area contributed by atoms with E-state index in [1.807, 2.05) is 31.4 Å². The van der Waals surface area contributed by atoms with Crippen LogP contribution in [0.15, 0.2) is 36.5 Å². The summed E-state index contributed by atoms with van der Waals surface area (Å²) >= 11 is 0. The maximum atomic E-state index is 5.92. The van der Waals surface area contributed by atoms with E-state index >= 15 is 0 Å². The van der Waals surface area contributed by atoms with Crippen molar-refractivity contribution >= 4 is 5.82 Å². The number of para-hydroxylation sites is 1. The largest absolute Gasteiger partial charge is 0.493 e. The summed E-state index contributed by atoms with van der Waals surface area (Å²) in [6, 6.07) is 10.2. The molecule has 1 atom stereocenters. The molecule has 4 heteroatoms. The third kappa shape index (κ3) is 2.94. The second-order valence-corrected chi connectivity index (χ2v) is 5.34. The molecule has 0 spiro atoms. The van der Waals surface area contributed by atoms with Crippen LogP contribution in [0.3, 0.4) is 0 Å². The van der Waals surface area contributed by atoms with Gasteiger partial charge in [-0.3, -0.25) is 0 Å². The first-order valence-corrected chi connectivity index (χ1v) is 7.21. The molecule has 0 fully saturated rings. The summed E-state index contributed by atoms with van der Waals surface area (Å²) in [5.41, 5.74) is 2.47. The Morgan fingerprint density at radius 2 is 2.24 bits per heavy atom. The highest BCUT2D eigenvalue weighted by Gasteiger charge is 2.22. The lowest BCUT2D eigenvalue weighted by molar-refractivity contribution is 0.211. The van der Waals surface area contributed by atoms with Crippen molar-refractivity contribution < 1.29 is 9.47 Å². The molecule has 1 aromatic carbocycles. The molecule has 0 radical (unpaired) electrons. The molecule has 21 heavy (non-hydrogen) atoms. The lowest BCUT2D eigenvalue weighted by atomic mass is 9.91. The second kappa shape index (κ2) is 6.04. The zero-order chi connectivity index (χ0) is 14.7. The molecule has 2 aromatic rings. The van der Waals surface area contributed by atoms with E-state index in [1.54, 1.807) is 7.11 Å². The first-order valence-electron chi connectivity index (χ1n) is 7.21. The predicted molar refractivity (Wildman–Crippen MR) is 83.2 cm³/mol. The summed E-state index contributed by atoms with van der Waals surface area (Å²) < 4.78 is 11.3. The summed E-state index contributed by atoms with van der Waals surface area (Å²) in [7, 11) is 3.56. The topological polar surface area (TPSA) is 43.4 Å². The minimum atomic E-state index is 0.479. The van der Waals surface area contributed by atoms with Gasteiger partial charge < -0.3 is 14.8 Å². The Bertz CT molecular complexity index is 611. The number of anilines is 1. The van der Waals surface area contributed by atoms with Crippen molar-refractivity contribution in [1.29, 1.82) is 0 Å². The monoisotopic (exact) mass is 284 g/mol. The van der Waals surface area contributed by atoms with Crippen LogP contribution in [0.4, 0.5) is 5.82 Å². The number of fused-ring (bicyclic) bond motifs is 1. The Labute approximate surface area is 125 Å². The molecule has 0 amide bonds. The van der Waals surface area contributed by atoms with E-state index in [4.69, 9.17) is 9.47 Å². The number of pyridine rings is 1. The van der Waals surface area contributed by atoms with Gasteiger partial charge in [0.25, 0.3) is 0 Å². The molecular formula is C17H20N2O2. The Balaban J connectivity index is 1.71. The van der Waals surface area contributed by atoms with Crippen molar-refractivity contribution in [3.8, 4) is 11.5 Å². The van der Waals surface area contributed by atoms with Gasteiger partial charge in [-0.15, -0.1) is 0 Å². The van der Waals surface area contributed by atoms with Gasteiger partial charge in [0.2, 0.25) is 0 Å². The summed E-state index contributed by atoms with van der Waals surface area (Å²) in [5.74, 6) is 3.10. The number of benzene rings is 1. The van der Waals surface area contributed by atoms with Gasteiger partial charge in [-0.2, -0.15) is 0 Å². The Morgan fingerprint density at radius 3 is 2.95 bits per heavy atom. The van der Waals surface area contributed by atoms with Crippen molar-refractivity contribution in [2.45, 2.75) is 12.8 Å². The zero-order valence-corrected chi connectivity index (χ0v) is 12.4. The summed E-state index contributed by atoms with van der Waals surface area (Å²) in [6.45, 7) is 0.723. The van der Waals surface area contributed by atoms with Gasteiger partial charge in [0.05, 0.1) is 13.7 Å². The van der Waals surface area contributed by atoms with Crippen molar-refractivity contribution in [2.75, 3.05) is 26.1 Å². The maximum Gasteiger partial charge on any atom is 0.164 e. The minimum Gasteiger partial charge on any atom is -0.493 e. The number of nitrogens with one attached hydrogen (secondary N) is 1. The molecule has 0 saturated heterocycles. The molecule has 2 heterocycles. The number of ether oxygens (including phenoxy) is 2. The van der Waals surface area contributed by atoms with Crippen LogP contribution in [0.25, 0.3) is 0 Å². The SMILES string of the molecule is CNc1ccc(C[C@H]2COc3c(cccc3OC)C2)cn1. The average molecular weight is 284 g/mol. The van der Waals surface area contributed by atoms with Crippen LogP contribution >= 0.6 is 0 Å². The number of aromatic nitrogens is 1. The summed E-state index contributed by atoms with van der Waals surface area (Å²) in [6.07, 6.45) is 3.93. The first-order chi connectivity index (χ1) is 10.3. The van der Waals surface area contributed by atoms with Gasteiger partial charge in [-0.25, -0.2) is 4.98 Å². The normalized spacial score (nSPS) is 16.8. The fourth-order valence-electron chi connectivity index (χ4n) is 2.78. The average Bonchev–Trinajstić information content (AvgIpc) is 2.54. The predicted octanol–water partition coefficient (Wildman–Crippen LogP) is 2.93. The number of rotatable bonds is 4. The van der Waals surface area contributed by atoms with Gasteiger partial charge >= 0.3 is 0 Å². The molecule has 0 aliphatic carbocycles. The van der Waals surface area contributed by atoms with Gasteiger partial charge in [-0.1, -0.05) is 18.2 Å². The highest BCUT2D eigenvalue weighted by atomic mass is 16.5. The zero-order valence-electron chi connectivity index (χ0n) is 12.4. The molecule has 1 N–H and O–H groups in total. The fourth-order valence-corrected chi connectivity index (χ4v) is 2.78. The number of methoxy groups -OCH3 is 1. The molecule has 3 rings (SSSR count). The maximum absolute atomic E-state index is 5.92. The van der Waals surface area contributed by atoms with Crippen molar-refractivity contribution in [3.05, 3.63) is 47.7 Å². The third-order valence-corrected chi connectivity index (χ3v) is 3.86. The molecule has 1 aliphatic heterocycles. The van der Waals surface area contributed by atoms with Crippen LogP contribution in [-0.4, -0.2) is 25.7 Å². The number of nitrogens with zero attached hydrogens (tertiary/aromatic N) is 1. The molecule has 4 nitrogen and oxygen atoms in total. The molecule has 1 aromatic heterocycles. The molecular weight excluding hydrogens is 264 g/mol. The smallest absolute Gasteiger partial charge is 0.164 e. The van der Waals surface area contributed by atoms with Crippen LogP contribution in [0.1, 0.15) is 11.1 Å². The molecule has 0 bridgehead atoms. The standard InChI is InChI=1S/C17H20N2O2/c1-18-16-7-6-12(10-19-16)8-13-9-14-4-3-5-15(20-2)17(14)21-11-13/h3-7,10,13H,8-9,11H2,1-2H3,(H,18,19)/t13-/m1/s1. The van der Waals surface area contributed by atoms with E-state index in [0.717, 1.165) is 36.8 Å². The molecule has 0 unspecified atom stereocenters. The van der Waals surface area contributed by atoms with Crippen LogP contribution < -0.4 is 14.8 Å². The molecule has 110 valence electrons. The van der Waals surface area contributed by atoms with Crippen molar-refractivity contribution in [1.82, 2.24) is 4.98 Å². The second-order valence-electron chi connectivity index (χ2n) is 5.34. The van der Waals surface area contributed by atoms with Gasteiger partial charge in [0, 0.05) is 19.2 Å². The van der Waals surface area contributed by atoms with Crippen LogP contribution in [0.5, 0.6) is 11.5 Å². The third-order valence-electron chi connectivity index (χ3n) is 3.86. The van der Waals surface area contributed by atoms with E-state index in [1.165, 1.54) is 11.1 Å². The van der Waals surface area contributed by atoms with Gasteiger partial charge in [0.1, 0.15) is 5.82 Å². The van der Waals surface area contributed by atoms with Gasteiger partial charge in [0.15, 0.2) is 11.5 Å². The lowest BCUT2D eigenvalue weighted by Gasteiger charge is -2.26. The van der Waals surface area contributed by atoms with Gasteiger partial charge in [-0.05, 0) is 36.1 Å². The fraction of sp³-hybridized carbons (Fsp3) is 0.353. The minimum absolute atomic E-state index is 0.479. The Kier molecular flexibility index (Phi) is 3.95. The Morgan fingerprint density at radius 1 is 1.33 bits per heavy atom. The van der Waals surface area contributed by atoms with E-state index in [-0.39, 0.29) is 0 Å². The number of hydrogen-bond donors (Lipinski definition) is 1. The quantitative estimate of drug-likeness (QED) is 0.937. The van der Waals surface area contributed by atoms with Crippen LogP contribution in [-0.2, 0) is 12.8 Å². The highest BCUT2D eigenvalue weighted by Crippen LogP contribution is 2.36. The lowest BCUT2D eigenvalue weighted by Crippen LogP contribution is -2.23. The first kappa shape index (κ1) is 13.7. The van der Waals surface area contributed by atoms with E-state index in [0.29, 0.717) is 5.92 Å². The molecule has 0 saturated carbocycles. The summed E-state index contributed by atoms with van der Waals surface area (Å²) in [4.78, 5) is 4.36. The number of hydrogen-bond acceptors (Lipinski definition) is 4.